The second kappa shape index (κ2) is 8.33. The maximum Gasteiger partial charge on any atom is 0.0726 e. The van der Waals surface area contributed by atoms with Crippen molar-refractivity contribution in [3.63, 3.8) is 0 Å². The largest absolute Gasteiger partial charge is 0.248 e. The molecule has 6 rings (SSSR count). The Kier molecular flexibility index (Phi) is 5.33. The normalized spacial score (nSPS) is 23.4. The maximum absolute atomic E-state index is 5.27. The zero-order valence-corrected chi connectivity index (χ0v) is 22.6. The van der Waals surface area contributed by atoms with Crippen molar-refractivity contribution in [2.24, 2.45) is 20.0 Å². The van der Waals surface area contributed by atoms with Crippen molar-refractivity contribution >= 4 is 22.8 Å². The van der Waals surface area contributed by atoms with E-state index in [-0.39, 0.29) is 0 Å². The van der Waals surface area contributed by atoms with E-state index >= 15 is 0 Å². The molecule has 5 heterocycles. The number of hydrogen-bond donors (Lipinski definition) is 0. The Morgan fingerprint density at radius 3 is 1.83 bits per heavy atom. The molecule has 1 aliphatic carbocycles. The zero-order chi connectivity index (χ0) is 25.3. The monoisotopic (exact) mass is 474 g/mol. The second-order valence-corrected chi connectivity index (χ2v) is 10.5. The fourth-order valence-corrected chi connectivity index (χ4v) is 6.20. The fraction of sp³-hybridized carbons (Fsp3) is 0.375. The molecule has 0 saturated carbocycles. The number of hydrogen-bond acceptors (Lipinski definition) is 4. The summed E-state index contributed by atoms with van der Waals surface area (Å²) in [5.74, 6) is 0. The summed E-state index contributed by atoms with van der Waals surface area (Å²) < 4.78 is 0. The Morgan fingerprint density at radius 1 is 0.556 bits per heavy atom. The predicted octanol–water partition coefficient (Wildman–Crippen LogP) is 8.01. The average Bonchev–Trinajstić information content (AvgIpc) is 3.54. The zero-order valence-electron chi connectivity index (χ0n) is 22.6. The second-order valence-electron chi connectivity index (χ2n) is 10.5. The molecule has 5 aliphatic heterocycles. The van der Waals surface area contributed by atoms with Crippen LogP contribution < -0.4 is 0 Å². The highest BCUT2D eigenvalue weighted by molar-refractivity contribution is 6.21. The van der Waals surface area contributed by atoms with Gasteiger partial charge in [0.1, 0.15) is 0 Å². The molecule has 182 valence electrons. The van der Waals surface area contributed by atoms with Gasteiger partial charge >= 0.3 is 0 Å². The Bertz CT molecular complexity index is 1530. The first kappa shape index (κ1) is 23.0. The molecule has 0 saturated heterocycles. The van der Waals surface area contributed by atoms with Crippen LogP contribution in [0.25, 0.3) is 0 Å². The van der Waals surface area contributed by atoms with Crippen LogP contribution in [-0.4, -0.2) is 22.8 Å². The van der Waals surface area contributed by atoms with Crippen LogP contribution >= 0.6 is 0 Å². The van der Waals surface area contributed by atoms with E-state index in [2.05, 4.69) is 66.7 Å². The Hall–Kier alpha value is -3.40. The quantitative estimate of drug-likeness (QED) is 0.389. The van der Waals surface area contributed by atoms with Crippen LogP contribution in [0.2, 0.25) is 0 Å². The van der Waals surface area contributed by atoms with E-state index in [9.17, 15) is 0 Å². The molecule has 0 unspecified atom stereocenters. The van der Waals surface area contributed by atoms with E-state index in [0.717, 1.165) is 77.7 Å². The summed E-state index contributed by atoms with van der Waals surface area (Å²) in [5.41, 5.74) is 20.0. The predicted molar refractivity (Wildman–Crippen MR) is 152 cm³/mol. The third-order valence-electron chi connectivity index (χ3n) is 8.62. The molecular weight excluding hydrogens is 440 g/mol. The summed E-state index contributed by atoms with van der Waals surface area (Å²) in [6.45, 7) is 15.4. The number of fused-ring (bicyclic) bond motifs is 4. The van der Waals surface area contributed by atoms with Gasteiger partial charge in [-0.25, -0.2) is 20.0 Å². The number of nitrogens with zero attached hydrogens (tertiary/aromatic N) is 4. The average molecular weight is 475 g/mol. The molecule has 0 amide bonds. The minimum atomic E-state index is 0.942. The van der Waals surface area contributed by atoms with Crippen LogP contribution in [-0.2, 0) is 0 Å². The molecule has 4 nitrogen and oxygen atoms in total. The van der Waals surface area contributed by atoms with Crippen LogP contribution in [0.3, 0.4) is 0 Å². The third-order valence-corrected chi connectivity index (χ3v) is 8.62. The minimum absolute atomic E-state index is 0.942. The summed E-state index contributed by atoms with van der Waals surface area (Å²) in [7, 11) is 0. The Labute approximate surface area is 214 Å². The van der Waals surface area contributed by atoms with E-state index in [1.165, 1.54) is 50.2 Å². The van der Waals surface area contributed by atoms with E-state index in [1.54, 1.807) is 0 Å². The summed E-state index contributed by atoms with van der Waals surface area (Å²) in [6, 6.07) is 0. The lowest BCUT2D eigenvalue weighted by atomic mass is 9.85. The van der Waals surface area contributed by atoms with Gasteiger partial charge in [0.15, 0.2) is 0 Å². The first-order valence-corrected chi connectivity index (χ1v) is 13.3. The minimum Gasteiger partial charge on any atom is -0.248 e. The van der Waals surface area contributed by atoms with Gasteiger partial charge in [-0.05, 0) is 130 Å². The lowest BCUT2D eigenvalue weighted by molar-refractivity contribution is 0.780. The van der Waals surface area contributed by atoms with Gasteiger partial charge in [-0.15, -0.1) is 0 Å². The molecule has 6 aliphatic rings. The van der Waals surface area contributed by atoms with Crippen molar-refractivity contribution in [3.05, 3.63) is 91.2 Å². The fourth-order valence-electron chi connectivity index (χ4n) is 6.20. The lowest BCUT2D eigenvalue weighted by Crippen LogP contribution is -2.11. The molecule has 36 heavy (non-hydrogen) atoms. The molecule has 0 N–H and O–H groups in total. The van der Waals surface area contributed by atoms with Gasteiger partial charge < -0.3 is 0 Å². The molecule has 0 aromatic heterocycles. The van der Waals surface area contributed by atoms with Gasteiger partial charge in [-0.3, -0.25) is 0 Å². The highest BCUT2D eigenvalue weighted by Gasteiger charge is 2.32. The van der Waals surface area contributed by atoms with Crippen LogP contribution in [0.15, 0.2) is 111 Å². The molecule has 0 spiro atoms. The van der Waals surface area contributed by atoms with Gasteiger partial charge in [-0.1, -0.05) is 13.8 Å². The highest BCUT2D eigenvalue weighted by atomic mass is 14.9. The van der Waals surface area contributed by atoms with Crippen molar-refractivity contribution < 1.29 is 0 Å². The van der Waals surface area contributed by atoms with Gasteiger partial charge in [0, 0.05) is 5.57 Å². The van der Waals surface area contributed by atoms with Crippen molar-refractivity contribution in [1.82, 2.24) is 0 Å². The maximum atomic E-state index is 5.27. The molecule has 4 heteroatoms. The summed E-state index contributed by atoms with van der Waals surface area (Å²) in [6.07, 6.45) is 11.7. The summed E-state index contributed by atoms with van der Waals surface area (Å²) in [4.78, 5) is 20.7. The van der Waals surface area contributed by atoms with Crippen molar-refractivity contribution in [2.45, 2.75) is 80.6 Å². The molecule has 8 bridgehead atoms. The van der Waals surface area contributed by atoms with Crippen LogP contribution in [0.1, 0.15) is 80.6 Å². The van der Waals surface area contributed by atoms with E-state index in [1.807, 2.05) is 0 Å². The third kappa shape index (κ3) is 3.27. The molecule has 0 fully saturated rings. The molecule has 0 radical (unpaired) electrons. The van der Waals surface area contributed by atoms with Crippen LogP contribution in [0.4, 0.5) is 0 Å². The standard InChI is InChI=1S/C32H34N4/c1-8-21-18(5)27-13-25-16(3)17(4)26(33-25)14-28-20(7)23-11-10-12-24(32(23)36-28)31-22(9-2)19(6)29(35-31)15-30(21)34-27/h13-15H,8-12H2,1-7H3. The number of rotatable bonds is 2. The SMILES string of the molecule is CCC1=C(C)C2=CC3=NC(=CC4=NC5=C(CCCC5=C4C)C4=NC(=CC1=N2)C(C)=C4CC)C(C)=C3C. The molecule has 0 aromatic rings. The van der Waals surface area contributed by atoms with E-state index in [4.69, 9.17) is 20.0 Å². The van der Waals surface area contributed by atoms with Gasteiger partial charge in [0.05, 0.1) is 45.6 Å². The van der Waals surface area contributed by atoms with Crippen molar-refractivity contribution in [1.29, 1.82) is 0 Å². The van der Waals surface area contributed by atoms with Crippen molar-refractivity contribution in [2.75, 3.05) is 0 Å². The summed E-state index contributed by atoms with van der Waals surface area (Å²) >= 11 is 0. The van der Waals surface area contributed by atoms with Crippen LogP contribution in [0, 0.1) is 0 Å². The highest BCUT2D eigenvalue weighted by Crippen LogP contribution is 2.43. The number of aliphatic imine (C=N–C) groups is 4. The summed E-state index contributed by atoms with van der Waals surface area (Å²) in [5, 5.41) is 0. The number of allylic oxidation sites excluding steroid dienone is 12. The lowest BCUT2D eigenvalue weighted by Gasteiger charge is -2.20. The van der Waals surface area contributed by atoms with Gasteiger partial charge in [0.2, 0.25) is 0 Å². The Balaban J connectivity index is 1.67. The van der Waals surface area contributed by atoms with E-state index < -0.39 is 0 Å². The smallest absolute Gasteiger partial charge is 0.0726 e. The van der Waals surface area contributed by atoms with E-state index in [0.29, 0.717) is 0 Å². The van der Waals surface area contributed by atoms with Gasteiger partial charge in [-0.2, -0.15) is 0 Å². The van der Waals surface area contributed by atoms with Crippen LogP contribution in [0.5, 0.6) is 0 Å². The van der Waals surface area contributed by atoms with Gasteiger partial charge in [0.25, 0.3) is 0 Å². The first-order valence-electron chi connectivity index (χ1n) is 13.3. The topological polar surface area (TPSA) is 49.4 Å². The first-order chi connectivity index (χ1) is 17.3. The molecule has 0 atom stereocenters. The molecular formula is C32H34N4. The van der Waals surface area contributed by atoms with Crippen molar-refractivity contribution in [3.8, 4) is 0 Å². The molecule has 0 aromatic carbocycles. The Morgan fingerprint density at radius 2 is 1.11 bits per heavy atom.